The zero-order chi connectivity index (χ0) is 14.8. The van der Waals surface area contributed by atoms with Crippen LogP contribution in [0.3, 0.4) is 0 Å². The lowest BCUT2D eigenvalue weighted by atomic mass is 10.0. The minimum Gasteiger partial charge on any atom is -0.493 e. The van der Waals surface area contributed by atoms with Crippen molar-refractivity contribution < 1.29 is 9.53 Å². The lowest BCUT2D eigenvalue weighted by molar-refractivity contribution is 0.102. The number of carbonyl (C=O) groups is 1. The monoisotopic (exact) mass is 281 g/mol. The van der Waals surface area contributed by atoms with E-state index in [0.717, 1.165) is 10.9 Å². The number of hydrogen-bond donors (Lipinski definition) is 0. The van der Waals surface area contributed by atoms with E-state index in [-0.39, 0.29) is 5.78 Å². The first-order valence-corrected chi connectivity index (χ1v) is 6.74. The third kappa shape index (κ3) is 2.27. The highest BCUT2D eigenvalue weighted by Gasteiger charge is 2.20. The number of aryl methyl sites for hydroxylation is 1. The summed E-state index contributed by atoms with van der Waals surface area (Å²) < 4.78 is 6.89. The normalized spacial score (nSPS) is 10.8. The Hall–Kier alpha value is -2.69. The highest BCUT2D eigenvalue weighted by Crippen LogP contribution is 2.23. The number of pyridine rings is 1. The van der Waals surface area contributed by atoms with Crippen LogP contribution >= 0.6 is 0 Å². The molecule has 3 rings (SSSR count). The summed E-state index contributed by atoms with van der Waals surface area (Å²) >= 11 is 0. The van der Waals surface area contributed by atoms with Gasteiger partial charge in [0.25, 0.3) is 0 Å². The molecule has 106 valence electrons. The third-order valence-corrected chi connectivity index (χ3v) is 3.41. The first kappa shape index (κ1) is 13.3. The second kappa shape index (κ2) is 5.36. The fourth-order valence-corrected chi connectivity index (χ4v) is 2.34. The average molecular weight is 281 g/mol. The molecule has 5 nitrogen and oxygen atoms in total. The van der Waals surface area contributed by atoms with E-state index in [2.05, 4.69) is 10.1 Å². The zero-order valence-corrected chi connectivity index (χ0v) is 11.9. The van der Waals surface area contributed by atoms with Crippen molar-refractivity contribution in [2.45, 2.75) is 13.5 Å². The average Bonchev–Trinajstić information content (AvgIpc) is 2.96. The van der Waals surface area contributed by atoms with E-state index in [1.165, 1.54) is 7.11 Å². The van der Waals surface area contributed by atoms with Crippen molar-refractivity contribution in [1.29, 1.82) is 0 Å². The van der Waals surface area contributed by atoms with Crippen molar-refractivity contribution in [3.63, 3.8) is 0 Å². The van der Waals surface area contributed by atoms with Crippen molar-refractivity contribution in [3.05, 3.63) is 54.0 Å². The van der Waals surface area contributed by atoms with Crippen LogP contribution in [0.5, 0.6) is 5.75 Å². The standard InChI is InChI=1S/C16H15N3O2/c1-3-19-15(14(21-2)10-18-19)16(20)12-6-7-13-11(9-12)5-4-8-17-13/h4-10H,3H2,1-2H3. The van der Waals surface area contributed by atoms with Crippen molar-refractivity contribution in [2.24, 2.45) is 0 Å². The molecule has 0 aliphatic rings. The number of carbonyl (C=O) groups excluding carboxylic acids is 1. The predicted molar refractivity (Wildman–Crippen MR) is 79.6 cm³/mol. The molecule has 0 radical (unpaired) electrons. The number of ether oxygens (including phenoxy) is 1. The summed E-state index contributed by atoms with van der Waals surface area (Å²) in [5.41, 5.74) is 1.94. The molecule has 0 bridgehead atoms. The van der Waals surface area contributed by atoms with E-state index < -0.39 is 0 Å². The molecule has 0 saturated carbocycles. The molecule has 3 aromatic rings. The van der Waals surface area contributed by atoms with Gasteiger partial charge >= 0.3 is 0 Å². The summed E-state index contributed by atoms with van der Waals surface area (Å²) in [5.74, 6) is 0.394. The second-order valence-corrected chi connectivity index (χ2v) is 4.62. The van der Waals surface area contributed by atoms with E-state index in [9.17, 15) is 4.79 Å². The van der Waals surface area contributed by atoms with Gasteiger partial charge in [-0.15, -0.1) is 0 Å². The van der Waals surface area contributed by atoms with Gasteiger partial charge in [-0.25, -0.2) is 0 Å². The molecule has 0 aliphatic heterocycles. The molecule has 0 N–H and O–H groups in total. The Balaban J connectivity index is 2.10. The Kier molecular flexibility index (Phi) is 3.39. The second-order valence-electron chi connectivity index (χ2n) is 4.62. The highest BCUT2D eigenvalue weighted by atomic mass is 16.5. The Morgan fingerprint density at radius 1 is 1.33 bits per heavy atom. The zero-order valence-electron chi connectivity index (χ0n) is 11.9. The quantitative estimate of drug-likeness (QED) is 0.690. The molecule has 2 heterocycles. The number of hydrogen-bond acceptors (Lipinski definition) is 4. The lowest BCUT2D eigenvalue weighted by Gasteiger charge is -2.07. The molecule has 0 saturated heterocycles. The summed E-state index contributed by atoms with van der Waals surface area (Å²) in [5, 5.41) is 5.11. The molecule has 0 fully saturated rings. The molecule has 0 atom stereocenters. The predicted octanol–water partition coefficient (Wildman–Crippen LogP) is 2.69. The van der Waals surface area contributed by atoms with Gasteiger partial charge in [0.15, 0.2) is 11.4 Å². The van der Waals surface area contributed by atoms with Gasteiger partial charge in [0.05, 0.1) is 18.8 Å². The highest BCUT2D eigenvalue weighted by molar-refractivity contribution is 6.11. The minimum atomic E-state index is -0.100. The number of fused-ring (bicyclic) bond motifs is 1. The van der Waals surface area contributed by atoms with Gasteiger partial charge in [-0.05, 0) is 31.2 Å². The summed E-state index contributed by atoms with van der Waals surface area (Å²) in [6.45, 7) is 2.55. The van der Waals surface area contributed by atoms with Gasteiger partial charge in [-0.3, -0.25) is 14.5 Å². The molecule has 5 heteroatoms. The van der Waals surface area contributed by atoms with E-state index in [1.54, 1.807) is 23.1 Å². The Morgan fingerprint density at radius 2 is 2.19 bits per heavy atom. The fourth-order valence-electron chi connectivity index (χ4n) is 2.34. The molecular weight excluding hydrogens is 266 g/mol. The fraction of sp³-hybridized carbons (Fsp3) is 0.188. The van der Waals surface area contributed by atoms with Crippen molar-refractivity contribution >= 4 is 16.7 Å². The SMILES string of the molecule is CCn1ncc(OC)c1C(=O)c1ccc2ncccc2c1. The van der Waals surface area contributed by atoms with Crippen LogP contribution in [-0.2, 0) is 6.54 Å². The van der Waals surface area contributed by atoms with Crippen molar-refractivity contribution in [1.82, 2.24) is 14.8 Å². The van der Waals surface area contributed by atoms with Crippen LogP contribution in [0.2, 0.25) is 0 Å². The number of benzene rings is 1. The number of aromatic nitrogens is 3. The number of ketones is 1. The van der Waals surface area contributed by atoms with Crippen LogP contribution in [0.25, 0.3) is 10.9 Å². The molecule has 21 heavy (non-hydrogen) atoms. The molecule has 0 aliphatic carbocycles. The van der Waals surface area contributed by atoms with Crippen LogP contribution in [-0.4, -0.2) is 27.7 Å². The maximum absolute atomic E-state index is 12.7. The van der Waals surface area contributed by atoms with Gasteiger partial charge in [-0.2, -0.15) is 5.10 Å². The van der Waals surface area contributed by atoms with E-state index >= 15 is 0 Å². The Labute approximate surface area is 122 Å². The topological polar surface area (TPSA) is 57.0 Å². The summed E-state index contributed by atoms with van der Waals surface area (Å²) in [7, 11) is 1.54. The van der Waals surface area contributed by atoms with E-state index in [0.29, 0.717) is 23.6 Å². The molecule has 2 aromatic heterocycles. The van der Waals surface area contributed by atoms with Crippen molar-refractivity contribution in [2.75, 3.05) is 7.11 Å². The van der Waals surface area contributed by atoms with E-state index in [1.807, 2.05) is 31.2 Å². The molecule has 0 amide bonds. The maximum Gasteiger partial charge on any atom is 0.214 e. The number of rotatable bonds is 4. The van der Waals surface area contributed by atoms with Gasteiger partial charge in [0.2, 0.25) is 5.78 Å². The minimum absolute atomic E-state index is 0.100. The van der Waals surface area contributed by atoms with Crippen LogP contribution in [0.15, 0.2) is 42.7 Å². The number of methoxy groups -OCH3 is 1. The summed E-state index contributed by atoms with van der Waals surface area (Å²) in [6, 6.07) is 9.27. The van der Waals surface area contributed by atoms with Crippen LogP contribution in [0.4, 0.5) is 0 Å². The summed E-state index contributed by atoms with van der Waals surface area (Å²) in [6.07, 6.45) is 3.30. The maximum atomic E-state index is 12.7. The molecule has 0 unspecified atom stereocenters. The number of nitrogens with zero attached hydrogens (tertiary/aromatic N) is 3. The van der Waals surface area contributed by atoms with Gasteiger partial charge in [-0.1, -0.05) is 6.07 Å². The van der Waals surface area contributed by atoms with E-state index in [4.69, 9.17) is 4.74 Å². The van der Waals surface area contributed by atoms with Crippen LogP contribution in [0.1, 0.15) is 23.0 Å². The third-order valence-electron chi connectivity index (χ3n) is 3.41. The largest absolute Gasteiger partial charge is 0.493 e. The van der Waals surface area contributed by atoms with Crippen LogP contribution in [0, 0.1) is 0 Å². The first-order chi connectivity index (χ1) is 10.2. The molecular formula is C16H15N3O2. The molecule has 1 aromatic carbocycles. The Morgan fingerprint density at radius 3 is 2.95 bits per heavy atom. The van der Waals surface area contributed by atoms with Crippen LogP contribution < -0.4 is 4.74 Å². The van der Waals surface area contributed by atoms with Crippen molar-refractivity contribution in [3.8, 4) is 5.75 Å². The van der Waals surface area contributed by atoms with Gasteiger partial charge in [0, 0.05) is 23.7 Å². The van der Waals surface area contributed by atoms with Gasteiger partial charge < -0.3 is 4.74 Å². The first-order valence-electron chi connectivity index (χ1n) is 6.74. The smallest absolute Gasteiger partial charge is 0.214 e. The Bertz CT molecular complexity index is 787. The lowest BCUT2D eigenvalue weighted by Crippen LogP contribution is -2.11. The molecule has 0 spiro atoms. The summed E-state index contributed by atoms with van der Waals surface area (Å²) in [4.78, 5) is 17.0. The van der Waals surface area contributed by atoms with Gasteiger partial charge in [0.1, 0.15) is 0 Å².